The van der Waals surface area contributed by atoms with Crippen LogP contribution in [0.4, 0.5) is 17.1 Å². The average Bonchev–Trinajstić information content (AvgIpc) is 3.84. The van der Waals surface area contributed by atoms with E-state index in [2.05, 4.69) is 238 Å². The summed E-state index contributed by atoms with van der Waals surface area (Å²) in [6.45, 7) is 0. The van der Waals surface area contributed by atoms with Crippen molar-refractivity contribution in [2.45, 2.75) is 0 Å². The third-order valence-corrected chi connectivity index (χ3v) is 12.8. The molecule has 61 heavy (non-hydrogen) atoms. The van der Waals surface area contributed by atoms with Gasteiger partial charge in [0.25, 0.3) is 0 Å². The number of rotatable bonds is 6. The quantitative estimate of drug-likeness (QED) is 0.153. The Morgan fingerprint density at radius 2 is 0.836 bits per heavy atom. The molecule has 0 aliphatic rings. The van der Waals surface area contributed by atoms with E-state index in [1.807, 2.05) is 0 Å². The van der Waals surface area contributed by atoms with Gasteiger partial charge in [-0.25, -0.2) is 0 Å². The highest BCUT2D eigenvalue weighted by Gasteiger charge is 2.21. The predicted octanol–water partition coefficient (Wildman–Crippen LogP) is 15.9. The molecule has 2 aromatic heterocycles. The normalized spacial score (nSPS) is 11.9. The van der Waals surface area contributed by atoms with Crippen LogP contribution in [0.25, 0.3) is 98.4 Å². The lowest BCUT2D eigenvalue weighted by molar-refractivity contribution is 1.17. The second kappa shape index (κ2) is 13.2. The van der Waals surface area contributed by atoms with E-state index in [4.69, 9.17) is 0 Å². The molecule has 0 aliphatic heterocycles. The van der Waals surface area contributed by atoms with Crippen molar-refractivity contribution in [2.75, 3.05) is 4.90 Å². The van der Waals surface area contributed by atoms with Crippen LogP contribution in [0.15, 0.2) is 224 Å². The maximum Gasteiger partial charge on any atom is 0.0620 e. The zero-order valence-electron chi connectivity index (χ0n) is 33.2. The molecule has 3 heteroatoms. The van der Waals surface area contributed by atoms with Crippen molar-refractivity contribution in [3.05, 3.63) is 224 Å². The van der Waals surface area contributed by atoms with Crippen molar-refractivity contribution < 1.29 is 0 Å². The Balaban J connectivity index is 1.02. The number of para-hydroxylation sites is 5. The van der Waals surface area contributed by atoms with Crippen molar-refractivity contribution in [2.24, 2.45) is 0 Å². The minimum absolute atomic E-state index is 1.12. The van der Waals surface area contributed by atoms with E-state index in [0.29, 0.717) is 0 Å². The minimum atomic E-state index is 1.12. The fourth-order valence-corrected chi connectivity index (χ4v) is 10.2. The Labute approximate surface area is 352 Å². The molecule has 0 atom stereocenters. The molecule has 0 aliphatic carbocycles. The van der Waals surface area contributed by atoms with Crippen LogP contribution in [-0.4, -0.2) is 9.13 Å². The van der Waals surface area contributed by atoms with Crippen LogP contribution in [0.1, 0.15) is 0 Å². The van der Waals surface area contributed by atoms with Crippen molar-refractivity contribution in [1.29, 1.82) is 0 Å². The van der Waals surface area contributed by atoms with Gasteiger partial charge in [-0.05, 0) is 123 Å². The first-order valence-electron chi connectivity index (χ1n) is 21.0. The highest BCUT2D eigenvalue weighted by Crippen LogP contribution is 2.46. The third kappa shape index (κ3) is 5.04. The molecule has 0 radical (unpaired) electrons. The van der Waals surface area contributed by atoms with E-state index in [0.717, 1.165) is 22.7 Å². The average molecular weight is 776 g/mol. The van der Waals surface area contributed by atoms with Crippen LogP contribution >= 0.6 is 0 Å². The first kappa shape index (κ1) is 33.8. The summed E-state index contributed by atoms with van der Waals surface area (Å²) in [6.07, 6.45) is 0. The van der Waals surface area contributed by atoms with E-state index in [9.17, 15) is 0 Å². The molecule has 13 aromatic rings. The first-order chi connectivity index (χ1) is 30.3. The SMILES string of the molecule is c1ccc(N(c2ccccc2)c2ccc(-c3ccc4ccc5c6c(ccc3c46)cc3c4ccccc4n(-c4ccc6c(c4)c4ccccc4n6-c4ccccc4)c35)cc2)cc1. The Kier molecular flexibility index (Phi) is 7.31. The molecule has 0 saturated heterocycles. The summed E-state index contributed by atoms with van der Waals surface area (Å²) < 4.78 is 4.90. The molecule has 0 N–H and O–H groups in total. The van der Waals surface area contributed by atoms with Crippen LogP contribution in [0, 0.1) is 0 Å². The highest BCUT2D eigenvalue weighted by molar-refractivity contribution is 6.33. The summed E-state index contributed by atoms with van der Waals surface area (Å²) in [7, 11) is 0. The van der Waals surface area contributed by atoms with E-state index < -0.39 is 0 Å². The largest absolute Gasteiger partial charge is 0.311 e. The molecule has 0 amide bonds. The molecule has 3 nitrogen and oxygen atoms in total. The molecule has 0 unspecified atom stereocenters. The molecule has 0 bridgehead atoms. The molecule has 11 aromatic carbocycles. The third-order valence-electron chi connectivity index (χ3n) is 12.8. The first-order valence-corrected chi connectivity index (χ1v) is 21.0. The summed E-state index contributed by atoms with van der Waals surface area (Å²) in [5.41, 5.74) is 13.0. The zero-order valence-corrected chi connectivity index (χ0v) is 33.2. The van der Waals surface area contributed by atoms with Crippen LogP contribution in [-0.2, 0) is 0 Å². The van der Waals surface area contributed by atoms with E-state index in [-0.39, 0.29) is 0 Å². The van der Waals surface area contributed by atoms with Gasteiger partial charge in [0.15, 0.2) is 0 Å². The van der Waals surface area contributed by atoms with Crippen molar-refractivity contribution in [3.8, 4) is 22.5 Å². The van der Waals surface area contributed by atoms with E-state index >= 15 is 0 Å². The fraction of sp³-hybridized carbons (Fsp3) is 0. The van der Waals surface area contributed by atoms with Gasteiger partial charge in [0.05, 0.1) is 22.1 Å². The minimum Gasteiger partial charge on any atom is -0.311 e. The second-order valence-corrected chi connectivity index (χ2v) is 16.1. The van der Waals surface area contributed by atoms with E-state index in [1.54, 1.807) is 0 Å². The van der Waals surface area contributed by atoms with Crippen molar-refractivity contribution in [3.63, 3.8) is 0 Å². The van der Waals surface area contributed by atoms with Crippen LogP contribution in [0.2, 0.25) is 0 Å². The number of nitrogens with zero attached hydrogens (tertiary/aromatic N) is 3. The Hall–Kier alpha value is -8.14. The Bertz CT molecular complexity index is 3750. The number of hydrogen-bond donors (Lipinski definition) is 0. The lowest BCUT2D eigenvalue weighted by Crippen LogP contribution is -2.09. The summed E-state index contributed by atoms with van der Waals surface area (Å²) in [5, 5.41) is 12.7. The monoisotopic (exact) mass is 775 g/mol. The van der Waals surface area contributed by atoms with Crippen molar-refractivity contribution >= 4 is 93.0 Å². The Morgan fingerprint density at radius 1 is 0.295 bits per heavy atom. The summed E-state index contributed by atoms with van der Waals surface area (Å²) in [4.78, 5) is 2.32. The predicted molar refractivity (Wildman–Crippen MR) is 259 cm³/mol. The number of hydrogen-bond acceptors (Lipinski definition) is 1. The molecular weight excluding hydrogens is 739 g/mol. The van der Waals surface area contributed by atoms with Gasteiger partial charge in [0.1, 0.15) is 0 Å². The fourth-order valence-electron chi connectivity index (χ4n) is 10.2. The lowest BCUT2D eigenvalue weighted by Gasteiger charge is -2.25. The molecule has 284 valence electrons. The number of aromatic nitrogens is 2. The molecule has 0 spiro atoms. The molecule has 2 heterocycles. The van der Waals surface area contributed by atoms with Crippen LogP contribution < -0.4 is 4.90 Å². The van der Waals surface area contributed by atoms with Gasteiger partial charge in [-0.15, -0.1) is 0 Å². The second-order valence-electron chi connectivity index (χ2n) is 16.1. The summed E-state index contributed by atoms with van der Waals surface area (Å²) >= 11 is 0. The molecule has 0 saturated carbocycles. The number of benzene rings is 11. The van der Waals surface area contributed by atoms with Crippen molar-refractivity contribution in [1.82, 2.24) is 9.13 Å². The Morgan fingerprint density at radius 3 is 1.56 bits per heavy atom. The molecular formula is C58H37N3. The number of fused-ring (bicyclic) bond motifs is 7. The van der Waals surface area contributed by atoms with Gasteiger partial charge in [0, 0.05) is 55.4 Å². The molecule has 13 rings (SSSR count). The van der Waals surface area contributed by atoms with Crippen LogP contribution in [0.3, 0.4) is 0 Å². The van der Waals surface area contributed by atoms with Gasteiger partial charge >= 0.3 is 0 Å². The smallest absolute Gasteiger partial charge is 0.0620 e. The van der Waals surface area contributed by atoms with Gasteiger partial charge < -0.3 is 14.0 Å². The zero-order chi connectivity index (χ0) is 40.0. The highest BCUT2D eigenvalue weighted by atomic mass is 15.1. The van der Waals surface area contributed by atoms with Gasteiger partial charge in [-0.2, -0.15) is 0 Å². The van der Waals surface area contributed by atoms with Gasteiger partial charge in [0.2, 0.25) is 0 Å². The molecule has 0 fully saturated rings. The summed E-state index contributed by atoms with van der Waals surface area (Å²) in [5.74, 6) is 0. The lowest BCUT2D eigenvalue weighted by atomic mass is 9.89. The summed E-state index contributed by atoms with van der Waals surface area (Å²) in [6, 6.07) is 82.1. The van der Waals surface area contributed by atoms with Gasteiger partial charge in [-0.3, -0.25) is 0 Å². The topological polar surface area (TPSA) is 13.1 Å². The maximum absolute atomic E-state index is 2.51. The number of anilines is 3. The van der Waals surface area contributed by atoms with Crippen LogP contribution in [0.5, 0.6) is 0 Å². The van der Waals surface area contributed by atoms with E-state index in [1.165, 1.54) is 92.7 Å². The standard InChI is InChI=1S/C58H37N3/c1-4-14-41(15-5-1)59(42-16-6-2-7-17-42)44-29-24-38(25-30-44)46-32-26-39-27-34-50-57-40(28-33-49(46)56(39)57)36-52-48-21-11-13-23-54(48)61(58(50)52)45-31-35-55-51(37-45)47-20-10-12-22-53(47)60(55)43-18-8-3-9-19-43/h1-37H. The van der Waals surface area contributed by atoms with Gasteiger partial charge in [-0.1, -0.05) is 140 Å². The maximum atomic E-state index is 2.51.